The van der Waals surface area contributed by atoms with Crippen LogP contribution in [0.3, 0.4) is 0 Å². The Morgan fingerprint density at radius 2 is 1.82 bits per heavy atom. The Morgan fingerprint density at radius 1 is 1.15 bits per heavy atom. The van der Waals surface area contributed by atoms with Gasteiger partial charge in [-0.2, -0.15) is 0 Å². The maximum Gasteiger partial charge on any atom is 0.365 e. The third-order valence-electron chi connectivity index (χ3n) is 7.89. The maximum absolute atomic E-state index is 13.4. The highest BCUT2D eigenvalue weighted by atomic mass is 35.5. The Bertz CT molecular complexity index is 1230. The fourth-order valence-corrected chi connectivity index (χ4v) is 5.42. The van der Waals surface area contributed by atoms with Gasteiger partial charge in [-0.15, -0.1) is 0 Å². The van der Waals surface area contributed by atoms with Crippen molar-refractivity contribution in [3.8, 4) is 0 Å². The van der Waals surface area contributed by atoms with Gasteiger partial charge in [0.15, 0.2) is 0 Å². The summed E-state index contributed by atoms with van der Waals surface area (Å²) < 4.78 is 13.2. The molecule has 2 unspecified atom stereocenters. The molecule has 2 aliphatic carbocycles. The van der Waals surface area contributed by atoms with Gasteiger partial charge in [0.2, 0.25) is 5.91 Å². The molecule has 4 rings (SSSR count). The fourth-order valence-electron chi connectivity index (χ4n) is 5.24. The second-order valence-electron chi connectivity index (χ2n) is 9.52. The van der Waals surface area contributed by atoms with E-state index in [0.29, 0.717) is 24.2 Å². The molecule has 178 valence electrons. The molecule has 2 atom stereocenters. The molecule has 2 aliphatic rings. The highest BCUT2D eigenvalue weighted by Crippen LogP contribution is 2.71. The van der Waals surface area contributed by atoms with Crippen LogP contribution < -0.4 is 5.32 Å². The lowest BCUT2D eigenvalue weighted by Crippen LogP contribution is -2.43. The molecule has 0 heterocycles. The molecule has 10 heteroatoms. The van der Waals surface area contributed by atoms with E-state index in [1.807, 2.05) is 20.8 Å². The summed E-state index contributed by atoms with van der Waals surface area (Å²) in [5.41, 5.74) is -1.19. The lowest BCUT2D eigenvalue weighted by molar-refractivity contribution is -0.384. The number of nitro groups is 1. The van der Waals surface area contributed by atoms with E-state index in [4.69, 9.17) is 16.4 Å². The number of rotatable bonds is 5. The molecule has 0 radical (unpaired) electrons. The number of nitrogens with one attached hydrogen (secondary N) is 1. The molecule has 2 fully saturated rings. The van der Waals surface area contributed by atoms with E-state index in [1.165, 1.54) is 36.4 Å². The van der Waals surface area contributed by atoms with E-state index in [0.717, 1.165) is 6.07 Å². The second kappa shape index (κ2) is 8.16. The van der Waals surface area contributed by atoms with Crippen LogP contribution in [0.5, 0.6) is 0 Å². The number of carbonyl (C=O) groups excluding carboxylic acids is 2. The molecule has 0 aliphatic heterocycles. The molecule has 2 bridgehead atoms. The van der Waals surface area contributed by atoms with Crippen LogP contribution in [0.2, 0.25) is 5.02 Å². The highest BCUT2D eigenvalue weighted by Gasteiger charge is 2.71. The molecule has 0 aromatic heterocycles. The Labute approximate surface area is 200 Å². The molecule has 0 saturated heterocycles. The molecule has 2 aromatic carbocycles. The van der Waals surface area contributed by atoms with Gasteiger partial charge >= 0.3 is 5.97 Å². The van der Waals surface area contributed by atoms with E-state index in [9.17, 15) is 24.1 Å². The van der Waals surface area contributed by atoms with Crippen LogP contribution in [-0.2, 0) is 9.63 Å². The van der Waals surface area contributed by atoms with Crippen molar-refractivity contribution in [1.29, 1.82) is 0 Å². The van der Waals surface area contributed by atoms with Gasteiger partial charge < -0.3 is 10.2 Å². The normalized spacial score (nSPS) is 25.9. The standard InChI is InChI=1S/C24H23ClFN3O5/c1-22(2)23(3)10-11-24(22,21(31)27-16-7-5-15(26)6-8-16)13-19(23)28-34-20(30)14-4-9-17(25)18(12-14)29(32)33/h4-9,12H,10-11,13H2,1-3H3,(H,27,31)/b28-19+. The minimum Gasteiger partial charge on any atom is -0.326 e. The van der Waals surface area contributed by atoms with Crippen LogP contribution in [0, 0.1) is 32.2 Å². The van der Waals surface area contributed by atoms with Crippen LogP contribution in [0.25, 0.3) is 0 Å². The van der Waals surface area contributed by atoms with Gasteiger partial charge in [0, 0.05) is 23.6 Å². The van der Waals surface area contributed by atoms with Crippen molar-refractivity contribution in [3.63, 3.8) is 0 Å². The van der Waals surface area contributed by atoms with Gasteiger partial charge in [0.1, 0.15) is 10.8 Å². The molecule has 2 aromatic rings. The number of halogens is 2. The Morgan fingerprint density at radius 3 is 2.47 bits per heavy atom. The lowest BCUT2D eigenvalue weighted by atomic mass is 9.64. The first-order valence-electron chi connectivity index (χ1n) is 10.7. The Hall–Kier alpha value is -3.33. The topological polar surface area (TPSA) is 111 Å². The third kappa shape index (κ3) is 3.55. The number of nitro benzene ring substituents is 1. The third-order valence-corrected chi connectivity index (χ3v) is 8.21. The number of oxime groups is 1. The van der Waals surface area contributed by atoms with Crippen molar-refractivity contribution in [2.45, 2.75) is 40.0 Å². The van der Waals surface area contributed by atoms with Gasteiger partial charge in [0.25, 0.3) is 5.69 Å². The van der Waals surface area contributed by atoms with E-state index in [-0.39, 0.29) is 22.9 Å². The number of carbonyl (C=O) groups is 2. The average Bonchev–Trinajstić information content (AvgIpc) is 3.09. The predicted molar refractivity (Wildman–Crippen MR) is 124 cm³/mol. The summed E-state index contributed by atoms with van der Waals surface area (Å²) in [6, 6.07) is 9.17. The number of hydrogen-bond acceptors (Lipinski definition) is 6. The zero-order chi connectivity index (χ0) is 24.9. The summed E-state index contributed by atoms with van der Waals surface area (Å²) >= 11 is 5.80. The smallest absolute Gasteiger partial charge is 0.326 e. The largest absolute Gasteiger partial charge is 0.365 e. The Kier molecular flexibility index (Phi) is 5.72. The molecular weight excluding hydrogens is 465 g/mol. The number of benzene rings is 2. The SMILES string of the molecule is CC12CCC(C(=O)Nc3ccc(F)cc3)(C/C1=N\OC(=O)c1ccc(Cl)c([N+](=O)[O-])c1)C2(C)C. The van der Waals surface area contributed by atoms with Crippen molar-refractivity contribution < 1.29 is 23.7 Å². The molecule has 1 amide bonds. The van der Waals surface area contributed by atoms with Gasteiger partial charge in [-0.1, -0.05) is 37.5 Å². The van der Waals surface area contributed by atoms with E-state index in [1.54, 1.807) is 0 Å². The van der Waals surface area contributed by atoms with Crippen LogP contribution >= 0.6 is 11.6 Å². The summed E-state index contributed by atoms with van der Waals surface area (Å²) in [6.45, 7) is 5.99. The zero-order valence-electron chi connectivity index (χ0n) is 18.9. The minimum absolute atomic E-state index is 0.0585. The van der Waals surface area contributed by atoms with Gasteiger partial charge in [-0.05, 0) is 54.7 Å². The molecule has 34 heavy (non-hydrogen) atoms. The number of nitrogens with zero attached hydrogens (tertiary/aromatic N) is 2. The van der Waals surface area contributed by atoms with Crippen molar-refractivity contribution >= 4 is 40.6 Å². The second-order valence-corrected chi connectivity index (χ2v) is 9.92. The average molecular weight is 488 g/mol. The first-order valence-corrected chi connectivity index (χ1v) is 11.1. The zero-order valence-corrected chi connectivity index (χ0v) is 19.6. The maximum atomic E-state index is 13.4. The van der Waals surface area contributed by atoms with E-state index >= 15 is 0 Å². The molecule has 0 spiro atoms. The fraction of sp³-hybridized carbons (Fsp3) is 0.375. The first-order chi connectivity index (χ1) is 15.9. The lowest BCUT2D eigenvalue weighted by Gasteiger charge is -2.39. The van der Waals surface area contributed by atoms with Crippen molar-refractivity contribution in [3.05, 3.63) is 69.0 Å². The number of amides is 1. The summed E-state index contributed by atoms with van der Waals surface area (Å²) in [4.78, 5) is 41.5. The summed E-state index contributed by atoms with van der Waals surface area (Å²) in [5, 5.41) is 18.0. The number of anilines is 1. The summed E-state index contributed by atoms with van der Waals surface area (Å²) in [5.74, 6) is -1.45. The van der Waals surface area contributed by atoms with Gasteiger partial charge in [0.05, 0.1) is 21.6 Å². The van der Waals surface area contributed by atoms with Crippen molar-refractivity contribution in [2.24, 2.45) is 21.4 Å². The molecule has 8 nitrogen and oxygen atoms in total. The monoisotopic (exact) mass is 487 g/mol. The summed E-state index contributed by atoms with van der Waals surface area (Å²) in [6.07, 6.45) is 1.58. The predicted octanol–water partition coefficient (Wildman–Crippen LogP) is 5.76. The number of hydrogen-bond donors (Lipinski definition) is 1. The van der Waals surface area contributed by atoms with Crippen LogP contribution in [-0.4, -0.2) is 22.5 Å². The van der Waals surface area contributed by atoms with Gasteiger partial charge in [-0.3, -0.25) is 14.9 Å². The first kappa shape index (κ1) is 23.8. The van der Waals surface area contributed by atoms with Crippen LogP contribution in [0.15, 0.2) is 47.6 Å². The van der Waals surface area contributed by atoms with E-state index in [2.05, 4.69) is 10.5 Å². The minimum atomic E-state index is -0.860. The molecular formula is C24H23ClFN3O5. The number of fused-ring (bicyclic) bond motifs is 2. The molecule has 1 N–H and O–H groups in total. The molecule has 2 saturated carbocycles. The summed E-state index contributed by atoms with van der Waals surface area (Å²) in [7, 11) is 0. The quantitative estimate of drug-likeness (QED) is 0.327. The van der Waals surface area contributed by atoms with E-state index < -0.39 is 38.6 Å². The highest BCUT2D eigenvalue weighted by molar-refractivity contribution is 6.32. The van der Waals surface area contributed by atoms with Crippen LogP contribution in [0.1, 0.15) is 50.4 Å². The Balaban J connectivity index is 1.58. The van der Waals surface area contributed by atoms with Crippen LogP contribution in [0.4, 0.5) is 15.8 Å². The van der Waals surface area contributed by atoms with Crippen molar-refractivity contribution in [1.82, 2.24) is 0 Å². The van der Waals surface area contributed by atoms with Crippen molar-refractivity contribution in [2.75, 3.05) is 5.32 Å². The van der Waals surface area contributed by atoms with Gasteiger partial charge in [-0.25, -0.2) is 9.18 Å².